The Morgan fingerprint density at radius 1 is 0.257 bits per heavy atom. The number of likely N-dealkylation sites (N-methyl/N-ethyl adjacent to an activating group) is 2. The van der Waals surface area contributed by atoms with Gasteiger partial charge in [-0.05, 0) is 28.2 Å². The molecule has 0 aliphatic carbocycles. The third-order valence-electron chi connectivity index (χ3n) is 4.34. The first-order chi connectivity index (χ1) is 17.1. The fourth-order valence-electron chi connectivity index (χ4n) is 2.36. The molecule has 0 atom stereocenters. The van der Waals surface area contributed by atoms with Crippen LogP contribution in [0.15, 0.2) is 0 Å². The largest absolute Gasteiger partial charge is 0.378 e. The Hall–Kier alpha value is -0.440. The van der Waals surface area contributed by atoms with Crippen LogP contribution in [-0.2, 0) is 42.6 Å². The van der Waals surface area contributed by atoms with Gasteiger partial charge >= 0.3 is 0 Å². The zero-order valence-electron chi connectivity index (χ0n) is 22.7. The molecule has 11 nitrogen and oxygen atoms in total. The predicted molar refractivity (Wildman–Crippen MR) is 134 cm³/mol. The lowest BCUT2D eigenvalue weighted by molar-refractivity contribution is -0.0252. The van der Waals surface area contributed by atoms with E-state index in [9.17, 15) is 0 Å². The van der Waals surface area contributed by atoms with Gasteiger partial charge in [0, 0.05) is 13.1 Å². The molecule has 0 N–H and O–H groups in total. The molecule has 0 aliphatic heterocycles. The van der Waals surface area contributed by atoms with Gasteiger partial charge in [-0.2, -0.15) is 0 Å². The average Bonchev–Trinajstić information content (AvgIpc) is 2.82. The Morgan fingerprint density at radius 2 is 0.400 bits per heavy atom. The van der Waals surface area contributed by atoms with Gasteiger partial charge in [-0.15, -0.1) is 0 Å². The van der Waals surface area contributed by atoms with Crippen molar-refractivity contribution in [2.24, 2.45) is 0 Å². The zero-order chi connectivity index (χ0) is 25.7. The molecule has 0 amide bonds. The summed E-state index contributed by atoms with van der Waals surface area (Å²) in [6.07, 6.45) is 0. The van der Waals surface area contributed by atoms with E-state index in [1.807, 2.05) is 28.2 Å². The van der Waals surface area contributed by atoms with Gasteiger partial charge < -0.3 is 52.4 Å². The van der Waals surface area contributed by atoms with E-state index in [4.69, 9.17) is 42.6 Å². The minimum Gasteiger partial charge on any atom is -0.378 e. The Bertz CT molecular complexity index is 360. The molecule has 212 valence electrons. The highest BCUT2D eigenvalue weighted by atomic mass is 16.6. The van der Waals surface area contributed by atoms with Crippen LogP contribution in [0.25, 0.3) is 0 Å². The van der Waals surface area contributed by atoms with Crippen LogP contribution in [0.1, 0.15) is 0 Å². The van der Waals surface area contributed by atoms with Gasteiger partial charge in [0.05, 0.1) is 119 Å². The van der Waals surface area contributed by atoms with E-state index in [1.165, 1.54) is 0 Å². The van der Waals surface area contributed by atoms with Crippen LogP contribution in [0, 0.1) is 0 Å². The zero-order valence-corrected chi connectivity index (χ0v) is 22.7. The molecule has 0 aromatic carbocycles. The van der Waals surface area contributed by atoms with Crippen LogP contribution in [0.2, 0.25) is 0 Å². The lowest BCUT2D eigenvalue weighted by Gasteiger charge is -2.10. The summed E-state index contributed by atoms with van der Waals surface area (Å²) >= 11 is 0. The van der Waals surface area contributed by atoms with Crippen LogP contribution in [0.5, 0.6) is 0 Å². The molecule has 0 saturated heterocycles. The molecule has 0 unspecified atom stereocenters. The summed E-state index contributed by atoms with van der Waals surface area (Å²) in [4.78, 5) is 4.17. The third-order valence-corrected chi connectivity index (χ3v) is 4.34. The molecular weight excluding hydrogens is 460 g/mol. The average molecular weight is 513 g/mol. The van der Waals surface area contributed by atoms with Crippen molar-refractivity contribution < 1.29 is 42.6 Å². The van der Waals surface area contributed by atoms with Gasteiger partial charge in [0.25, 0.3) is 0 Å². The van der Waals surface area contributed by atoms with Crippen molar-refractivity contribution in [2.45, 2.75) is 0 Å². The molecule has 0 aromatic rings. The van der Waals surface area contributed by atoms with Crippen molar-refractivity contribution in [3.8, 4) is 0 Å². The lowest BCUT2D eigenvalue weighted by Crippen LogP contribution is -2.19. The molecule has 35 heavy (non-hydrogen) atoms. The maximum atomic E-state index is 5.46. The molecule has 0 aromatic heterocycles. The first-order valence-corrected chi connectivity index (χ1v) is 12.6. The third kappa shape index (κ3) is 33.6. The van der Waals surface area contributed by atoms with E-state index in [0.29, 0.717) is 106 Å². The van der Waals surface area contributed by atoms with Crippen LogP contribution in [0.3, 0.4) is 0 Å². The number of hydrogen-bond donors (Lipinski definition) is 0. The van der Waals surface area contributed by atoms with Crippen LogP contribution >= 0.6 is 0 Å². The molecule has 0 saturated carbocycles. The van der Waals surface area contributed by atoms with E-state index < -0.39 is 0 Å². The van der Waals surface area contributed by atoms with Gasteiger partial charge in [-0.1, -0.05) is 0 Å². The molecule has 0 spiro atoms. The molecule has 0 fully saturated rings. The van der Waals surface area contributed by atoms with E-state index in [2.05, 4.69) is 9.80 Å². The smallest absolute Gasteiger partial charge is 0.0701 e. The van der Waals surface area contributed by atoms with E-state index in [0.717, 1.165) is 26.3 Å². The Labute approximate surface area is 213 Å². The van der Waals surface area contributed by atoms with Crippen molar-refractivity contribution in [1.29, 1.82) is 0 Å². The molecule has 0 rings (SSSR count). The number of ether oxygens (including phenoxy) is 9. The molecule has 0 bridgehead atoms. The summed E-state index contributed by atoms with van der Waals surface area (Å²) in [5.74, 6) is 0. The van der Waals surface area contributed by atoms with Crippen molar-refractivity contribution >= 4 is 0 Å². The van der Waals surface area contributed by atoms with Crippen LogP contribution in [0.4, 0.5) is 0 Å². The van der Waals surface area contributed by atoms with Crippen LogP contribution in [-0.4, -0.2) is 170 Å². The lowest BCUT2D eigenvalue weighted by atomic mass is 10.6. The molecule has 0 radical (unpaired) electrons. The second-order valence-electron chi connectivity index (χ2n) is 8.12. The van der Waals surface area contributed by atoms with Crippen molar-refractivity contribution in [1.82, 2.24) is 9.80 Å². The summed E-state index contributed by atoms with van der Waals surface area (Å²) in [5.41, 5.74) is 0. The quantitative estimate of drug-likeness (QED) is 0.124. The summed E-state index contributed by atoms with van der Waals surface area (Å²) in [6, 6.07) is 0. The standard InChI is InChI=1S/C24H52N2O9/c1-25(2)5-7-27-9-11-29-13-15-31-17-19-33-21-23-35-24-22-34-20-18-32-16-14-30-12-10-28-8-6-26(3)4/h5-24H2,1-4H3. The fraction of sp³-hybridized carbons (Fsp3) is 1.00. The molecule has 0 heterocycles. The van der Waals surface area contributed by atoms with Crippen molar-refractivity contribution in [3.63, 3.8) is 0 Å². The monoisotopic (exact) mass is 512 g/mol. The number of nitrogens with zero attached hydrogens (tertiary/aromatic N) is 2. The van der Waals surface area contributed by atoms with E-state index in [1.54, 1.807) is 0 Å². The number of rotatable bonds is 30. The highest BCUT2D eigenvalue weighted by molar-refractivity contribution is 4.42. The molecule has 0 aliphatic rings. The Kier molecular flexibility index (Phi) is 29.4. The second-order valence-corrected chi connectivity index (χ2v) is 8.12. The summed E-state index contributed by atoms with van der Waals surface area (Å²) in [5, 5.41) is 0. The maximum absolute atomic E-state index is 5.46. The summed E-state index contributed by atoms with van der Waals surface area (Å²) in [6.45, 7) is 12.2. The Morgan fingerprint density at radius 3 is 0.543 bits per heavy atom. The van der Waals surface area contributed by atoms with Crippen LogP contribution < -0.4 is 0 Å². The Balaban J connectivity index is 3.02. The maximum Gasteiger partial charge on any atom is 0.0701 e. The molecular formula is C24H52N2O9. The molecule has 11 heteroatoms. The van der Waals surface area contributed by atoms with Gasteiger partial charge in [0.2, 0.25) is 0 Å². The van der Waals surface area contributed by atoms with Gasteiger partial charge in [-0.3, -0.25) is 0 Å². The summed E-state index contributed by atoms with van der Waals surface area (Å²) < 4.78 is 49.0. The van der Waals surface area contributed by atoms with E-state index >= 15 is 0 Å². The first-order valence-electron chi connectivity index (χ1n) is 12.6. The predicted octanol–water partition coefficient (Wildman–Crippen LogP) is 0.259. The summed E-state index contributed by atoms with van der Waals surface area (Å²) in [7, 11) is 8.09. The normalized spacial score (nSPS) is 11.8. The minimum atomic E-state index is 0.535. The topological polar surface area (TPSA) is 89.6 Å². The second kappa shape index (κ2) is 29.8. The first kappa shape index (κ1) is 34.6. The van der Waals surface area contributed by atoms with Gasteiger partial charge in [-0.25, -0.2) is 0 Å². The fourth-order valence-corrected chi connectivity index (χ4v) is 2.36. The number of hydrogen-bond acceptors (Lipinski definition) is 11. The minimum absolute atomic E-state index is 0.535. The van der Waals surface area contributed by atoms with E-state index in [-0.39, 0.29) is 0 Å². The highest BCUT2D eigenvalue weighted by Gasteiger charge is 1.96. The SMILES string of the molecule is CN(C)CCOCCOCCOCCOCCOCCOCCOCCOCCOCCN(C)C. The van der Waals surface area contributed by atoms with Crippen molar-refractivity contribution in [2.75, 3.05) is 160 Å². The van der Waals surface area contributed by atoms with Crippen molar-refractivity contribution in [3.05, 3.63) is 0 Å². The van der Waals surface area contributed by atoms with Gasteiger partial charge in [0.15, 0.2) is 0 Å². The highest BCUT2D eigenvalue weighted by Crippen LogP contribution is 1.86. The van der Waals surface area contributed by atoms with Gasteiger partial charge in [0.1, 0.15) is 0 Å².